The van der Waals surface area contributed by atoms with Crippen LogP contribution in [0.4, 0.5) is 0 Å². The van der Waals surface area contributed by atoms with E-state index in [0.717, 1.165) is 18.4 Å². The van der Waals surface area contributed by atoms with Crippen LogP contribution in [0.25, 0.3) is 0 Å². The van der Waals surface area contributed by atoms with Gasteiger partial charge in [-0.1, -0.05) is 67.9 Å². The van der Waals surface area contributed by atoms with E-state index in [0.29, 0.717) is 11.7 Å². The topological polar surface area (TPSA) is 17.1 Å². The molecule has 21 heavy (non-hydrogen) atoms. The minimum Gasteiger partial charge on any atom is -0.294 e. The minimum atomic E-state index is 0.189. The maximum Gasteiger partial charge on any atom is 0.166 e. The molecule has 1 aliphatic carbocycles. The number of hydrogen-bond acceptors (Lipinski definition) is 1. The summed E-state index contributed by atoms with van der Waals surface area (Å²) in [4.78, 5) is 12.5. The first-order chi connectivity index (χ1) is 10.3. The van der Waals surface area contributed by atoms with Crippen LogP contribution in [-0.4, -0.2) is 5.78 Å². The van der Waals surface area contributed by atoms with Crippen molar-refractivity contribution >= 4 is 5.78 Å². The van der Waals surface area contributed by atoms with Gasteiger partial charge < -0.3 is 0 Å². The average molecular weight is 278 g/mol. The first kappa shape index (κ1) is 14.1. The molecule has 0 amide bonds. The molecule has 0 bridgehead atoms. The fourth-order valence-corrected chi connectivity index (χ4v) is 2.98. The highest BCUT2D eigenvalue weighted by Gasteiger charge is 2.43. The molecule has 2 aromatic rings. The summed E-state index contributed by atoms with van der Waals surface area (Å²) in [5.74, 6) is 0.929. The van der Waals surface area contributed by atoms with E-state index in [1.165, 1.54) is 24.0 Å². The van der Waals surface area contributed by atoms with Gasteiger partial charge in [-0.25, -0.2) is 0 Å². The summed E-state index contributed by atoms with van der Waals surface area (Å²) in [6.07, 6.45) is 4.54. The van der Waals surface area contributed by atoms with E-state index in [1.54, 1.807) is 0 Å². The number of ketones is 1. The Labute approximate surface area is 127 Å². The highest BCUT2D eigenvalue weighted by Crippen LogP contribution is 2.49. The summed E-state index contributed by atoms with van der Waals surface area (Å²) in [6.45, 7) is 2.20. The molecule has 0 saturated heterocycles. The van der Waals surface area contributed by atoms with Gasteiger partial charge in [0.25, 0.3) is 0 Å². The molecule has 1 aliphatic rings. The molecule has 1 saturated carbocycles. The first-order valence-electron chi connectivity index (χ1n) is 7.97. The highest BCUT2D eigenvalue weighted by atomic mass is 16.1. The standard InChI is InChI=1S/C20H22O/c1-2-3-7-15-10-12-17(13-11-15)20(21)19-14-18(19)16-8-5-4-6-9-16/h4-6,8-13,18-19H,2-3,7,14H2,1H3/t18-,19-/m1/s1. The van der Waals surface area contributed by atoms with Crippen molar-refractivity contribution in [3.8, 4) is 0 Å². The van der Waals surface area contributed by atoms with Crippen molar-refractivity contribution in [2.45, 2.75) is 38.5 Å². The van der Waals surface area contributed by atoms with Crippen LogP contribution < -0.4 is 0 Å². The minimum absolute atomic E-state index is 0.189. The van der Waals surface area contributed by atoms with Crippen LogP contribution >= 0.6 is 0 Å². The van der Waals surface area contributed by atoms with Gasteiger partial charge in [-0.05, 0) is 36.3 Å². The van der Waals surface area contributed by atoms with Crippen LogP contribution in [0.1, 0.15) is 53.6 Å². The van der Waals surface area contributed by atoms with Gasteiger partial charge in [-0.15, -0.1) is 0 Å². The molecule has 1 nitrogen and oxygen atoms in total. The van der Waals surface area contributed by atoms with E-state index >= 15 is 0 Å². The van der Waals surface area contributed by atoms with Crippen molar-refractivity contribution < 1.29 is 4.79 Å². The zero-order valence-electron chi connectivity index (χ0n) is 12.6. The van der Waals surface area contributed by atoms with Crippen molar-refractivity contribution in [2.24, 2.45) is 5.92 Å². The largest absolute Gasteiger partial charge is 0.294 e. The summed E-state index contributed by atoms with van der Waals surface area (Å²) in [7, 11) is 0. The first-order valence-corrected chi connectivity index (χ1v) is 7.97. The zero-order chi connectivity index (χ0) is 14.7. The van der Waals surface area contributed by atoms with Gasteiger partial charge in [0.05, 0.1) is 0 Å². The van der Waals surface area contributed by atoms with Gasteiger partial charge in [0.15, 0.2) is 5.78 Å². The van der Waals surface area contributed by atoms with E-state index in [9.17, 15) is 4.79 Å². The molecule has 2 atom stereocenters. The molecule has 0 radical (unpaired) electrons. The number of carbonyl (C=O) groups is 1. The zero-order valence-corrected chi connectivity index (χ0v) is 12.6. The van der Waals surface area contributed by atoms with Gasteiger partial charge in [0.1, 0.15) is 0 Å². The molecule has 1 fully saturated rings. The average Bonchev–Trinajstić information content (AvgIpc) is 3.34. The van der Waals surface area contributed by atoms with Crippen molar-refractivity contribution in [1.82, 2.24) is 0 Å². The van der Waals surface area contributed by atoms with Crippen LogP contribution in [-0.2, 0) is 6.42 Å². The number of rotatable bonds is 6. The third-order valence-electron chi connectivity index (χ3n) is 4.41. The maximum absolute atomic E-state index is 12.5. The Morgan fingerprint density at radius 3 is 2.43 bits per heavy atom. The Kier molecular flexibility index (Phi) is 4.19. The van der Waals surface area contributed by atoms with Gasteiger partial charge in [0.2, 0.25) is 0 Å². The van der Waals surface area contributed by atoms with Crippen molar-refractivity contribution in [1.29, 1.82) is 0 Å². The molecule has 0 spiro atoms. The highest BCUT2D eigenvalue weighted by molar-refractivity contribution is 6.00. The molecule has 1 heteroatoms. The van der Waals surface area contributed by atoms with Crippen LogP contribution in [0, 0.1) is 5.92 Å². The second-order valence-corrected chi connectivity index (χ2v) is 6.02. The second-order valence-electron chi connectivity index (χ2n) is 6.02. The fourth-order valence-electron chi connectivity index (χ4n) is 2.98. The molecule has 108 valence electrons. The third-order valence-corrected chi connectivity index (χ3v) is 4.41. The molecular formula is C20H22O. The Bertz CT molecular complexity index is 597. The lowest BCUT2D eigenvalue weighted by atomic mass is 10.0. The molecule has 2 aromatic carbocycles. The number of aryl methyl sites for hydroxylation is 1. The molecule has 0 N–H and O–H groups in total. The Morgan fingerprint density at radius 2 is 1.76 bits per heavy atom. The smallest absolute Gasteiger partial charge is 0.166 e. The number of Topliss-reactive ketones (excluding diaryl/α,β-unsaturated/α-hetero) is 1. The Hall–Kier alpha value is -1.89. The predicted molar refractivity (Wildman–Crippen MR) is 86.7 cm³/mol. The summed E-state index contributed by atoms with van der Waals surface area (Å²) in [5, 5.41) is 0. The lowest BCUT2D eigenvalue weighted by molar-refractivity contribution is 0.0965. The number of carbonyl (C=O) groups excluding carboxylic acids is 1. The summed E-state index contributed by atoms with van der Waals surface area (Å²) >= 11 is 0. The lowest BCUT2D eigenvalue weighted by Crippen LogP contribution is -2.03. The Morgan fingerprint density at radius 1 is 1.05 bits per heavy atom. The van der Waals surface area contributed by atoms with E-state index in [2.05, 4.69) is 43.3 Å². The summed E-state index contributed by atoms with van der Waals surface area (Å²) in [5.41, 5.74) is 3.51. The maximum atomic E-state index is 12.5. The van der Waals surface area contributed by atoms with Gasteiger partial charge in [-0.2, -0.15) is 0 Å². The van der Waals surface area contributed by atoms with Crippen molar-refractivity contribution in [2.75, 3.05) is 0 Å². The van der Waals surface area contributed by atoms with Gasteiger partial charge >= 0.3 is 0 Å². The molecule has 0 aromatic heterocycles. The predicted octanol–water partition coefficient (Wildman–Crippen LogP) is 5.02. The monoisotopic (exact) mass is 278 g/mol. The molecule has 0 unspecified atom stereocenters. The number of benzene rings is 2. The van der Waals surface area contributed by atoms with E-state index in [1.807, 2.05) is 18.2 Å². The SMILES string of the molecule is CCCCc1ccc(C(=O)[C@@H]2C[C@@H]2c2ccccc2)cc1. The summed E-state index contributed by atoms with van der Waals surface area (Å²) < 4.78 is 0. The Balaban J connectivity index is 1.64. The number of hydrogen-bond donors (Lipinski definition) is 0. The van der Waals surface area contributed by atoms with E-state index in [-0.39, 0.29) is 5.92 Å². The van der Waals surface area contributed by atoms with Crippen LogP contribution in [0.5, 0.6) is 0 Å². The lowest BCUT2D eigenvalue weighted by Gasteiger charge is -2.04. The van der Waals surface area contributed by atoms with E-state index < -0.39 is 0 Å². The molecule has 0 aliphatic heterocycles. The van der Waals surface area contributed by atoms with Crippen molar-refractivity contribution in [3.05, 3.63) is 71.3 Å². The van der Waals surface area contributed by atoms with Crippen LogP contribution in [0.3, 0.4) is 0 Å². The molecule has 3 rings (SSSR count). The van der Waals surface area contributed by atoms with Crippen molar-refractivity contribution in [3.63, 3.8) is 0 Å². The molecular weight excluding hydrogens is 256 g/mol. The normalized spacial score (nSPS) is 20.2. The fraction of sp³-hybridized carbons (Fsp3) is 0.350. The van der Waals surface area contributed by atoms with E-state index in [4.69, 9.17) is 0 Å². The second kappa shape index (κ2) is 6.26. The summed E-state index contributed by atoms with van der Waals surface area (Å²) in [6, 6.07) is 18.6. The molecule has 0 heterocycles. The van der Waals surface area contributed by atoms with Crippen LogP contribution in [0.15, 0.2) is 54.6 Å². The van der Waals surface area contributed by atoms with Gasteiger partial charge in [0, 0.05) is 11.5 Å². The van der Waals surface area contributed by atoms with Crippen LogP contribution in [0.2, 0.25) is 0 Å². The third kappa shape index (κ3) is 3.24. The van der Waals surface area contributed by atoms with Gasteiger partial charge in [-0.3, -0.25) is 4.79 Å². The quantitative estimate of drug-likeness (QED) is 0.678. The number of unbranched alkanes of at least 4 members (excludes halogenated alkanes) is 1.